The Morgan fingerprint density at radius 3 is 2.04 bits per heavy atom. The molecule has 0 spiro atoms. The summed E-state index contributed by atoms with van der Waals surface area (Å²) in [6.45, 7) is 24.1. The molecule has 3 aliphatic heterocycles. The normalized spacial score (nSPS) is 17.6. The van der Waals surface area contributed by atoms with Gasteiger partial charge in [0, 0.05) is 94.8 Å². The van der Waals surface area contributed by atoms with E-state index in [9.17, 15) is 62.6 Å². The molecule has 3 aliphatic rings. The Morgan fingerprint density at radius 2 is 1.41 bits per heavy atom. The molecule has 2 saturated heterocycles. The van der Waals surface area contributed by atoms with Crippen LogP contribution in [0, 0.1) is 29.6 Å². The second-order valence-corrected chi connectivity index (χ2v) is 33.6. The maximum Gasteiger partial charge on any atom is 0.410 e. The number of hydrogen-bond acceptors (Lipinski definition) is 22. The molecule has 12 atom stereocenters. The van der Waals surface area contributed by atoms with Crippen molar-refractivity contribution in [2.45, 2.75) is 233 Å². The number of amides is 11. The maximum absolute atomic E-state index is 14.8. The summed E-state index contributed by atoms with van der Waals surface area (Å²) in [6.07, 6.45) is -0.566. The molecule has 7 N–H and O–H groups in total. The third kappa shape index (κ3) is 26.6. The zero-order valence-electron chi connectivity index (χ0n) is 67.8. The molecule has 32 heteroatoms. The predicted octanol–water partition coefficient (Wildman–Crippen LogP) is 8.17. The molecule has 11 amide bonds. The predicted molar refractivity (Wildman–Crippen MR) is 424 cm³/mol. The number of aliphatic hydroxyl groups excluding tert-OH is 1. The van der Waals surface area contributed by atoms with Gasteiger partial charge in [0.2, 0.25) is 47.3 Å². The third-order valence-corrected chi connectivity index (χ3v) is 23.4. The molecule has 0 saturated carbocycles. The number of hydroxylamine groups is 2. The summed E-state index contributed by atoms with van der Waals surface area (Å²) in [7, 11) is 8.94. The van der Waals surface area contributed by atoms with Crippen LogP contribution in [0.5, 0.6) is 11.5 Å². The molecular weight excluding hydrogens is 1480 g/mol. The van der Waals surface area contributed by atoms with Crippen molar-refractivity contribution in [2.24, 2.45) is 34.7 Å². The minimum Gasteiger partial charge on any atom is -0.493 e. The molecule has 6 rings (SSSR count). The van der Waals surface area contributed by atoms with Crippen molar-refractivity contribution >= 4 is 104 Å². The number of carbonyl (C=O) groups excluding carboxylic acids is 12. The first-order valence-corrected chi connectivity index (χ1v) is 40.8. The summed E-state index contributed by atoms with van der Waals surface area (Å²) in [5.41, 5.74) is 5.55. The van der Waals surface area contributed by atoms with Crippen molar-refractivity contribution in [1.82, 2.24) is 46.5 Å². The van der Waals surface area contributed by atoms with E-state index >= 15 is 0 Å². The molecule has 0 bridgehead atoms. The average molecular weight is 1600 g/mol. The van der Waals surface area contributed by atoms with Gasteiger partial charge in [-0.3, -0.25) is 52.8 Å². The van der Waals surface area contributed by atoms with Gasteiger partial charge in [-0.1, -0.05) is 133 Å². The van der Waals surface area contributed by atoms with E-state index in [-0.39, 0.29) is 93.6 Å². The van der Waals surface area contributed by atoms with Gasteiger partial charge in [-0.2, -0.15) is 5.10 Å². The van der Waals surface area contributed by atoms with E-state index in [0.29, 0.717) is 89.2 Å². The first kappa shape index (κ1) is 92.0. The fourth-order valence-corrected chi connectivity index (χ4v) is 16.1. The van der Waals surface area contributed by atoms with Gasteiger partial charge >= 0.3 is 12.1 Å². The Bertz CT molecular complexity index is 3740. The SMILES string of the molecule is CC[C@H](C)[C@@H]([C@@H](CC(=O)N1CCC[C@H]1[C@H](OC)[C@@H](C)C(=O)N[C@H](C)[C@@H](O)c1ccccc1)OC)N(C)C(=O)[C@@H](NC(=O)[C@H](C(C)C)N(C)C(=O)OCc1ccc(NC(=O)[C@H](C)NC(=O)[C@@H](NC(=O)CCSSC(C)(C)CC(=O)N/N=C2\CCOc3cc(OCCCC(=O)ON4C(=O)CCC4=O)ccc32)C(C)C)cc1)C(C)C. The van der Waals surface area contributed by atoms with E-state index in [1.807, 2.05) is 45.9 Å². The second-order valence-electron chi connectivity index (χ2n) is 30.5. The summed E-state index contributed by atoms with van der Waals surface area (Å²) < 4.78 is 28.8. The number of aliphatic hydroxyl groups is 1. The molecule has 0 aromatic heterocycles. The van der Waals surface area contributed by atoms with Crippen molar-refractivity contribution in [3.05, 3.63) is 89.5 Å². The van der Waals surface area contributed by atoms with Gasteiger partial charge in [-0.15, -0.1) is 5.06 Å². The summed E-state index contributed by atoms with van der Waals surface area (Å²) in [6, 6.07) is 14.9. The van der Waals surface area contributed by atoms with Crippen LogP contribution in [0.25, 0.3) is 0 Å². The summed E-state index contributed by atoms with van der Waals surface area (Å²) >= 11 is 0. The highest BCUT2D eigenvalue weighted by molar-refractivity contribution is 8.77. The first-order chi connectivity index (χ1) is 53.0. The van der Waals surface area contributed by atoms with Crippen LogP contribution in [-0.4, -0.2) is 215 Å². The monoisotopic (exact) mass is 1600 g/mol. The van der Waals surface area contributed by atoms with Crippen LogP contribution in [0.15, 0.2) is 77.9 Å². The van der Waals surface area contributed by atoms with Crippen molar-refractivity contribution in [3.63, 3.8) is 0 Å². The Balaban J connectivity index is 0.919. The van der Waals surface area contributed by atoms with Crippen molar-refractivity contribution < 1.29 is 91.2 Å². The molecule has 3 aromatic rings. The summed E-state index contributed by atoms with van der Waals surface area (Å²) in [5, 5.41) is 30.1. The number of hydrazone groups is 1. The number of likely N-dealkylation sites (tertiary alicyclic amines) is 1. The number of benzene rings is 3. The molecule has 30 nitrogen and oxygen atoms in total. The topological polar surface area (TPSA) is 378 Å². The van der Waals surface area contributed by atoms with E-state index < -0.39 is 131 Å². The van der Waals surface area contributed by atoms with Crippen molar-refractivity contribution in [1.29, 1.82) is 0 Å². The number of nitrogens with one attached hydrogen (secondary N) is 6. The zero-order chi connectivity index (χ0) is 82.8. The lowest BCUT2D eigenvalue weighted by atomic mass is 9.89. The largest absolute Gasteiger partial charge is 0.493 e. The van der Waals surface area contributed by atoms with E-state index in [4.69, 9.17) is 28.5 Å². The quantitative estimate of drug-likeness (QED) is 0.0122. The van der Waals surface area contributed by atoms with Crippen LogP contribution in [0.2, 0.25) is 0 Å². The van der Waals surface area contributed by atoms with Crippen LogP contribution in [0.3, 0.4) is 0 Å². The maximum atomic E-state index is 14.8. The minimum atomic E-state index is -1.08. The number of fused-ring (bicyclic) bond motifs is 1. The molecule has 618 valence electrons. The van der Waals surface area contributed by atoms with Gasteiger partial charge in [0.05, 0.1) is 74.1 Å². The van der Waals surface area contributed by atoms with Crippen molar-refractivity contribution in [2.75, 3.05) is 59.1 Å². The van der Waals surface area contributed by atoms with Gasteiger partial charge in [0.15, 0.2) is 0 Å². The summed E-state index contributed by atoms with van der Waals surface area (Å²) in [4.78, 5) is 170. The van der Waals surface area contributed by atoms with E-state index in [2.05, 4.69) is 37.1 Å². The lowest BCUT2D eigenvalue weighted by molar-refractivity contribution is -0.197. The smallest absolute Gasteiger partial charge is 0.410 e. The Labute approximate surface area is 665 Å². The first-order valence-electron chi connectivity index (χ1n) is 38.5. The number of likely N-dealkylation sites (N-methyl/N-ethyl adjacent to an activating group) is 2. The molecule has 3 heterocycles. The zero-order valence-corrected chi connectivity index (χ0v) is 69.4. The summed E-state index contributed by atoms with van der Waals surface area (Å²) in [5.74, 6) is -5.88. The Morgan fingerprint density at radius 1 is 0.741 bits per heavy atom. The van der Waals surface area contributed by atoms with Crippen molar-refractivity contribution in [3.8, 4) is 11.5 Å². The van der Waals surface area contributed by atoms with E-state index in [1.165, 1.54) is 54.7 Å². The number of nitrogens with zero attached hydrogens (tertiary/aromatic N) is 5. The number of carbonyl (C=O) groups is 12. The molecule has 0 radical (unpaired) electrons. The van der Waals surface area contributed by atoms with E-state index in [0.717, 1.165) is 0 Å². The second kappa shape index (κ2) is 44.0. The van der Waals surface area contributed by atoms with Crippen LogP contribution >= 0.6 is 21.6 Å². The molecule has 0 aliphatic carbocycles. The van der Waals surface area contributed by atoms with Gasteiger partial charge < -0.3 is 70.0 Å². The Hall–Kier alpha value is -8.85. The minimum absolute atomic E-state index is 0.00857. The fourth-order valence-electron chi connectivity index (χ4n) is 13.6. The number of hydrogen-bond donors (Lipinski definition) is 7. The lowest BCUT2D eigenvalue weighted by Gasteiger charge is -2.41. The number of rotatable bonds is 42. The van der Waals surface area contributed by atoms with Gasteiger partial charge in [0.1, 0.15) is 42.3 Å². The number of imide groups is 1. The lowest BCUT2D eigenvalue weighted by Crippen LogP contribution is -2.60. The highest BCUT2D eigenvalue weighted by Crippen LogP contribution is 2.39. The van der Waals surface area contributed by atoms with E-state index in [1.54, 1.807) is 127 Å². The van der Waals surface area contributed by atoms with Gasteiger partial charge in [-0.25, -0.2) is 15.0 Å². The third-order valence-electron chi connectivity index (χ3n) is 20.1. The van der Waals surface area contributed by atoms with Crippen LogP contribution in [0.1, 0.15) is 183 Å². The Kier molecular flexibility index (Phi) is 36.1. The highest BCUT2D eigenvalue weighted by atomic mass is 33.1. The van der Waals surface area contributed by atoms with Crippen LogP contribution in [0.4, 0.5) is 10.5 Å². The number of anilines is 1. The molecule has 112 heavy (non-hydrogen) atoms. The van der Waals surface area contributed by atoms with Crippen LogP contribution in [-0.2, 0) is 78.4 Å². The molecule has 2 fully saturated rings. The van der Waals surface area contributed by atoms with Crippen LogP contribution < -0.4 is 41.5 Å². The number of methoxy groups -OCH3 is 2. The standard InChI is InChI=1S/C80H117N11O19S2/c1-18-49(8)71(61(105-16)43-66(96)90-38-22-26-59(90)73(106-17)50(9)74(99)81-51(10)72(98)54-24-20-19-21-25-54)88(14)78(103)69(47(4)5)85-77(102)70(48(6)7)89(15)79(104)109-45-53-28-30-55(31-29-53)83-75(100)52(11)82-76(101)68(46(2)3)84-62(92)37-41-111-112-80(12,13)44-63(93)87-86-58-36-40-108-60-42-56(32-33-57(58)60)107-39-23-27-67(97)110-91-64(94)34-35-65(91)95/h19-21,24-25,28-33,42,46-52,59,61,68-73,98H,18,22-23,26-27,34-41,43-45H2,1-17H3,(H,81,99)(H,82,101)(H,83,100)(H,84,92)(H,85,102)(H,87,93)/b86-58+/t49-,50+,51+,52-,59-,61+,68-,69-,70-,71-,72+,73+/m0/s1. The molecular formula is C80H117N11O19S2. The number of ether oxygens (including phenoxy) is 5. The highest BCUT2D eigenvalue weighted by Gasteiger charge is 2.45. The van der Waals surface area contributed by atoms with Gasteiger partial charge in [-0.05, 0) is 106 Å². The molecule has 3 aromatic carbocycles. The fraction of sp³-hybridized carbons (Fsp3) is 0.613. The molecule has 0 unspecified atom stereocenters. The van der Waals surface area contributed by atoms with Gasteiger partial charge in [0.25, 0.3) is 11.8 Å². The average Bonchev–Trinajstić information content (AvgIpc) is 1.10.